The Morgan fingerprint density at radius 2 is 2.31 bits per heavy atom. The van der Waals surface area contributed by atoms with Crippen LogP contribution in [0.2, 0.25) is 0 Å². The third-order valence-electron chi connectivity index (χ3n) is 3.15. The van der Waals surface area contributed by atoms with E-state index >= 15 is 0 Å². The summed E-state index contributed by atoms with van der Waals surface area (Å²) in [6.07, 6.45) is 3.16. The van der Waals surface area contributed by atoms with Crippen LogP contribution < -0.4 is 5.32 Å². The lowest BCUT2D eigenvalue weighted by molar-refractivity contribution is 0.253. The zero-order valence-corrected chi connectivity index (χ0v) is 11.1. The third-order valence-corrected chi connectivity index (χ3v) is 4.09. The third kappa shape index (κ3) is 2.81. The van der Waals surface area contributed by atoms with E-state index in [1.165, 1.54) is 18.0 Å². The molecule has 1 aliphatic rings. The highest BCUT2D eigenvalue weighted by molar-refractivity contribution is 7.09. The van der Waals surface area contributed by atoms with Crippen molar-refractivity contribution in [1.29, 1.82) is 0 Å². The van der Waals surface area contributed by atoms with Gasteiger partial charge in [0.05, 0.1) is 6.04 Å². The van der Waals surface area contributed by atoms with Gasteiger partial charge in [0, 0.05) is 36.8 Å². The number of aromatic nitrogens is 1. The van der Waals surface area contributed by atoms with Crippen molar-refractivity contribution >= 4 is 11.3 Å². The number of hydrogen-bond donors (Lipinski definition) is 1. The van der Waals surface area contributed by atoms with Crippen molar-refractivity contribution in [3.05, 3.63) is 16.6 Å². The molecule has 0 bridgehead atoms. The summed E-state index contributed by atoms with van der Waals surface area (Å²) >= 11 is 1.76. The summed E-state index contributed by atoms with van der Waals surface area (Å²) in [5.41, 5.74) is 0. The lowest BCUT2D eigenvalue weighted by atomic mass is 10.2. The van der Waals surface area contributed by atoms with Crippen molar-refractivity contribution in [2.45, 2.75) is 45.3 Å². The van der Waals surface area contributed by atoms with E-state index in [2.05, 4.69) is 41.4 Å². The van der Waals surface area contributed by atoms with Gasteiger partial charge in [-0.2, -0.15) is 0 Å². The molecule has 1 N–H and O–H groups in total. The molecule has 0 spiro atoms. The van der Waals surface area contributed by atoms with Crippen LogP contribution in [0.25, 0.3) is 0 Å². The maximum Gasteiger partial charge on any atom is 0.109 e. The Kier molecular flexibility index (Phi) is 3.95. The van der Waals surface area contributed by atoms with Crippen LogP contribution in [0, 0.1) is 0 Å². The fraction of sp³-hybridized carbons (Fsp3) is 0.750. The van der Waals surface area contributed by atoms with E-state index in [-0.39, 0.29) is 0 Å². The highest BCUT2D eigenvalue weighted by atomic mass is 32.1. The first-order valence-electron chi connectivity index (χ1n) is 6.06. The summed E-state index contributed by atoms with van der Waals surface area (Å²) in [6, 6.07) is 1.71. The summed E-state index contributed by atoms with van der Waals surface area (Å²) in [6.45, 7) is 9.03. The van der Waals surface area contributed by atoms with Crippen LogP contribution in [0.3, 0.4) is 0 Å². The Bertz CT molecular complexity index is 310. The minimum atomic E-state index is 0.471. The van der Waals surface area contributed by atoms with Gasteiger partial charge in [-0.05, 0) is 13.3 Å². The zero-order chi connectivity index (χ0) is 11.5. The molecule has 2 atom stereocenters. The molecule has 2 rings (SSSR count). The molecule has 1 fully saturated rings. The van der Waals surface area contributed by atoms with Crippen LogP contribution in [0.5, 0.6) is 0 Å². The van der Waals surface area contributed by atoms with Crippen molar-refractivity contribution in [3.8, 4) is 0 Å². The predicted octanol–water partition coefficient (Wildman–Crippen LogP) is 2.28. The van der Waals surface area contributed by atoms with E-state index in [1.807, 2.05) is 6.20 Å². The van der Waals surface area contributed by atoms with E-state index in [4.69, 9.17) is 0 Å². The molecule has 4 heteroatoms. The Balaban J connectivity index is 1.88. The van der Waals surface area contributed by atoms with Crippen molar-refractivity contribution in [2.75, 3.05) is 13.1 Å². The maximum absolute atomic E-state index is 4.40. The molecule has 1 saturated heterocycles. The molecule has 90 valence electrons. The van der Waals surface area contributed by atoms with Gasteiger partial charge in [0.15, 0.2) is 0 Å². The number of thiazole rings is 1. The molecular formula is C12H21N3S. The standard InChI is InChI=1S/C12H21N3S/c1-9(2)14-11-4-6-15(8-11)10(3)12-13-5-7-16-12/h5,7,9-11,14H,4,6,8H2,1-3H3. The Labute approximate surface area is 102 Å². The fourth-order valence-corrected chi connectivity index (χ4v) is 3.07. The van der Waals surface area contributed by atoms with E-state index in [0.717, 1.165) is 6.54 Å². The molecule has 0 aliphatic carbocycles. The predicted molar refractivity (Wildman–Crippen MR) is 68.8 cm³/mol. The fourth-order valence-electron chi connectivity index (χ4n) is 2.34. The molecule has 1 aromatic rings. The first-order valence-corrected chi connectivity index (χ1v) is 6.94. The molecule has 3 nitrogen and oxygen atoms in total. The first kappa shape index (κ1) is 12.0. The summed E-state index contributed by atoms with van der Waals surface area (Å²) in [5.74, 6) is 0. The summed E-state index contributed by atoms with van der Waals surface area (Å²) < 4.78 is 0. The number of nitrogens with zero attached hydrogens (tertiary/aromatic N) is 2. The second-order valence-electron chi connectivity index (χ2n) is 4.85. The second-order valence-corrected chi connectivity index (χ2v) is 5.77. The molecule has 2 unspecified atom stereocenters. The Hall–Kier alpha value is -0.450. The lowest BCUT2D eigenvalue weighted by Gasteiger charge is -2.23. The van der Waals surface area contributed by atoms with Crippen LogP contribution in [0.4, 0.5) is 0 Å². The normalized spacial score (nSPS) is 24.1. The molecule has 1 aliphatic heterocycles. The average Bonchev–Trinajstić information content (AvgIpc) is 2.84. The minimum absolute atomic E-state index is 0.471. The topological polar surface area (TPSA) is 28.2 Å². The van der Waals surface area contributed by atoms with Gasteiger partial charge in [0.2, 0.25) is 0 Å². The first-order chi connectivity index (χ1) is 7.66. The van der Waals surface area contributed by atoms with E-state index in [0.29, 0.717) is 18.1 Å². The monoisotopic (exact) mass is 239 g/mol. The largest absolute Gasteiger partial charge is 0.310 e. The van der Waals surface area contributed by atoms with Crippen LogP contribution in [-0.2, 0) is 0 Å². The van der Waals surface area contributed by atoms with Crippen molar-refractivity contribution in [2.24, 2.45) is 0 Å². The molecule has 2 heterocycles. The Morgan fingerprint density at radius 3 is 2.94 bits per heavy atom. The van der Waals surface area contributed by atoms with E-state index in [9.17, 15) is 0 Å². The maximum atomic E-state index is 4.40. The SMILES string of the molecule is CC(C)NC1CCN(C(C)c2nccs2)C1. The van der Waals surface area contributed by atoms with Gasteiger partial charge in [-0.25, -0.2) is 4.98 Å². The molecular weight excluding hydrogens is 218 g/mol. The van der Waals surface area contributed by atoms with Crippen LogP contribution in [0.1, 0.15) is 38.2 Å². The van der Waals surface area contributed by atoms with Gasteiger partial charge >= 0.3 is 0 Å². The molecule has 0 aromatic carbocycles. The van der Waals surface area contributed by atoms with E-state index in [1.54, 1.807) is 11.3 Å². The van der Waals surface area contributed by atoms with E-state index < -0.39 is 0 Å². The van der Waals surface area contributed by atoms with Gasteiger partial charge in [0.1, 0.15) is 5.01 Å². The zero-order valence-electron chi connectivity index (χ0n) is 10.3. The molecule has 0 saturated carbocycles. The summed E-state index contributed by atoms with van der Waals surface area (Å²) in [7, 11) is 0. The highest BCUT2D eigenvalue weighted by Gasteiger charge is 2.27. The van der Waals surface area contributed by atoms with Gasteiger partial charge in [-0.3, -0.25) is 4.90 Å². The molecule has 1 aromatic heterocycles. The van der Waals surface area contributed by atoms with Gasteiger partial charge in [0.25, 0.3) is 0 Å². The van der Waals surface area contributed by atoms with Gasteiger partial charge < -0.3 is 5.32 Å². The second kappa shape index (κ2) is 5.25. The minimum Gasteiger partial charge on any atom is -0.310 e. The van der Waals surface area contributed by atoms with Crippen LogP contribution in [0.15, 0.2) is 11.6 Å². The Morgan fingerprint density at radius 1 is 1.50 bits per heavy atom. The molecule has 16 heavy (non-hydrogen) atoms. The van der Waals surface area contributed by atoms with Gasteiger partial charge in [-0.1, -0.05) is 13.8 Å². The number of hydrogen-bond acceptors (Lipinski definition) is 4. The molecule has 0 amide bonds. The van der Waals surface area contributed by atoms with Crippen molar-refractivity contribution < 1.29 is 0 Å². The number of rotatable bonds is 4. The highest BCUT2D eigenvalue weighted by Crippen LogP contribution is 2.25. The summed E-state index contributed by atoms with van der Waals surface area (Å²) in [4.78, 5) is 6.93. The lowest BCUT2D eigenvalue weighted by Crippen LogP contribution is -2.37. The number of likely N-dealkylation sites (tertiary alicyclic amines) is 1. The smallest absolute Gasteiger partial charge is 0.109 e. The quantitative estimate of drug-likeness (QED) is 0.873. The number of nitrogens with one attached hydrogen (secondary N) is 1. The molecule has 0 radical (unpaired) electrons. The van der Waals surface area contributed by atoms with Crippen molar-refractivity contribution in [1.82, 2.24) is 15.2 Å². The average molecular weight is 239 g/mol. The van der Waals surface area contributed by atoms with Gasteiger partial charge in [-0.15, -0.1) is 11.3 Å². The van der Waals surface area contributed by atoms with Crippen LogP contribution >= 0.6 is 11.3 Å². The van der Waals surface area contributed by atoms with Crippen molar-refractivity contribution in [3.63, 3.8) is 0 Å². The van der Waals surface area contributed by atoms with Crippen LogP contribution in [-0.4, -0.2) is 35.1 Å². The summed E-state index contributed by atoms with van der Waals surface area (Å²) in [5, 5.41) is 6.92.